The van der Waals surface area contributed by atoms with E-state index in [4.69, 9.17) is 11.6 Å². The number of hydrogen-bond acceptors (Lipinski definition) is 5. The highest BCUT2D eigenvalue weighted by molar-refractivity contribution is 6.33. The Labute approximate surface area is 125 Å². The molecule has 0 saturated carbocycles. The van der Waals surface area contributed by atoms with Gasteiger partial charge in [-0.3, -0.25) is 10.1 Å². The topological polar surface area (TPSA) is 80.7 Å². The van der Waals surface area contributed by atoms with Gasteiger partial charge in [0, 0.05) is 0 Å². The number of nitrogens with zero attached hydrogens (tertiary/aromatic N) is 4. The zero-order valence-corrected chi connectivity index (χ0v) is 12.3. The van der Waals surface area contributed by atoms with Gasteiger partial charge in [0.2, 0.25) is 5.95 Å². The predicted octanol–water partition coefficient (Wildman–Crippen LogP) is 2.44. The average molecular weight is 310 g/mol. The number of carbonyl (C=O) groups is 1. The molecule has 0 aliphatic carbocycles. The van der Waals surface area contributed by atoms with Crippen LogP contribution in [0.3, 0.4) is 0 Å². The molecular formula is C13H13ClFN5O. The van der Waals surface area contributed by atoms with E-state index >= 15 is 0 Å². The second-order valence-electron chi connectivity index (χ2n) is 4.18. The average Bonchev–Trinajstić information content (AvgIpc) is 2.49. The monoisotopic (exact) mass is 309 g/mol. The first-order chi connectivity index (χ1) is 10.0. The third-order valence-corrected chi connectivity index (χ3v) is 3.09. The van der Waals surface area contributed by atoms with Crippen LogP contribution in [0.15, 0.2) is 12.3 Å². The summed E-state index contributed by atoms with van der Waals surface area (Å²) < 4.78 is 13.1. The molecule has 0 saturated heterocycles. The molecule has 0 atom stereocenters. The van der Waals surface area contributed by atoms with Crippen LogP contribution >= 0.6 is 11.6 Å². The second-order valence-corrected chi connectivity index (χ2v) is 4.54. The van der Waals surface area contributed by atoms with Crippen LogP contribution in [0.4, 0.5) is 10.3 Å². The molecule has 0 bridgehead atoms. The van der Waals surface area contributed by atoms with Gasteiger partial charge in [-0.15, -0.1) is 10.2 Å². The first kappa shape index (κ1) is 15.2. The minimum Gasteiger partial charge on any atom is -0.289 e. The Kier molecular flexibility index (Phi) is 4.74. The molecule has 1 amide bonds. The van der Waals surface area contributed by atoms with Gasteiger partial charge in [-0.05, 0) is 18.9 Å². The van der Waals surface area contributed by atoms with Gasteiger partial charge in [0.1, 0.15) is 11.0 Å². The molecule has 0 aromatic carbocycles. The Bertz CT molecular complexity index is 680. The summed E-state index contributed by atoms with van der Waals surface area (Å²) in [6, 6.07) is 0.999. The van der Waals surface area contributed by atoms with E-state index in [1.165, 1.54) is 0 Å². The largest absolute Gasteiger partial charge is 0.289 e. The third-order valence-electron chi connectivity index (χ3n) is 2.78. The number of carbonyl (C=O) groups excluding carboxylic acids is 1. The van der Waals surface area contributed by atoms with Crippen LogP contribution in [0.1, 0.15) is 35.6 Å². The Hall–Kier alpha value is -2.15. The number of anilines is 1. The summed E-state index contributed by atoms with van der Waals surface area (Å²) in [7, 11) is 0. The summed E-state index contributed by atoms with van der Waals surface area (Å²) in [5, 5.41) is 10.2. The predicted molar refractivity (Wildman–Crippen MR) is 75.7 cm³/mol. The van der Waals surface area contributed by atoms with Crippen molar-refractivity contribution >= 4 is 23.5 Å². The van der Waals surface area contributed by atoms with Crippen molar-refractivity contribution in [3.05, 3.63) is 40.2 Å². The van der Waals surface area contributed by atoms with Gasteiger partial charge in [-0.2, -0.15) is 0 Å². The lowest BCUT2D eigenvalue weighted by atomic mass is 10.2. The van der Waals surface area contributed by atoms with Crippen LogP contribution in [0.25, 0.3) is 0 Å². The number of halogens is 2. The van der Waals surface area contributed by atoms with Gasteiger partial charge < -0.3 is 0 Å². The van der Waals surface area contributed by atoms with Crippen LogP contribution in [0, 0.1) is 5.82 Å². The van der Waals surface area contributed by atoms with E-state index in [1.54, 1.807) is 0 Å². The molecule has 2 heterocycles. The molecule has 0 radical (unpaired) electrons. The summed E-state index contributed by atoms with van der Waals surface area (Å²) in [6.07, 6.45) is 2.31. The van der Waals surface area contributed by atoms with Crippen molar-refractivity contribution in [3.8, 4) is 0 Å². The molecule has 2 aromatic rings. The fourth-order valence-electron chi connectivity index (χ4n) is 1.74. The SMILES string of the molecule is CCc1nnc(NC(=O)c2cc(F)cnc2Cl)nc1CC. The van der Waals surface area contributed by atoms with Crippen LogP contribution in [0.2, 0.25) is 5.15 Å². The van der Waals surface area contributed by atoms with Crippen molar-refractivity contribution in [2.75, 3.05) is 5.32 Å². The molecule has 110 valence electrons. The lowest BCUT2D eigenvalue weighted by Crippen LogP contribution is -2.17. The molecule has 0 aliphatic rings. The highest BCUT2D eigenvalue weighted by atomic mass is 35.5. The van der Waals surface area contributed by atoms with E-state index < -0.39 is 11.7 Å². The number of pyridine rings is 1. The number of aryl methyl sites for hydroxylation is 2. The summed E-state index contributed by atoms with van der Waals surface area (Å²) in [6.45, 7) is 3.88. The molecular weight excluding hydrogens is 297 g/mol. The molecule has 8 heteroatoms. The van der Waals surface area contributed by atoms with E-state index in [-0.39, 0.29) is 16.7 Å². The number of amides is 1. The van der Waals surface area contributed by atoms with E-state index in [9.17, 15) is 9.18 Å². The summed E-state index contributed by atoms with van der Waals surface area (Å²) in [5.41, 5.74) is 1.45. The quantitative estimate of drug-likeness (QED) is 0.877. The van der Waals surface area contributed by atoms with Crippen molar-refractivity contribution in [1.29, 1.82) is 0 Å². The molecule has 2 rings (SSSR count). The van der Waals surface area contributed by atoms with Crippen LogP contribution in [-0.4, -0.2) is 26.1 Å². The minimum atomic E-state index is -0.654. The van der Waals surface area contributed by atoms with E-state index in [0.717, 1.165) is 23.7 Å². The third kappa shape index (κ3) is 3.49. The normalized spacial score (nSPS) is 10.5. The maximum absolute atomic E-state index is 13.1. The van der Waals surface area contributed by atoms with Crippen LogP contribution in [-0.2, 0) is 12.8 Å². The van der Waals surface area contributed by atoms with Crippen molar-refractivity contribution < 1.29 is 9.18 Å². The summed E-state index contributed by atoms with van der Waals surface area (Å²) >= 11 is 5.77. The highest BCUT2D eigenvalue weighted by Crippen LogP contribution is 2.15. The molecule has 0 aliphatic heterocycles. The second kappa shape index (κ2) is 6.53. The van der Waals surface area contributed by atoms with Crippen LogP contribution < -0.4 is 5.32 Å². The van der Waals surface area contributed by atoms with Gasteiger partial charge in [-0.1, -0.05) is 25.4 Å². The van der Waals surface area contributed by atoms with E-state index in [0.29, 0.717) is 12.8 Å². The number of rotatable bonds is 4. The summed E-state index contributed by atoms with van der Waals surface area (Å²) in [5.74, 6) is -1.24. The maximum Gasteiger partial charge on any atom is 0.261 e. The van der Waals surface area contributed by atoms with Gasteiger partial charge in [0.15, 0.2) is 0 Å². The van der Waals surface area contributed by atoms with E-state index in [1.807, 2.05) is 13.8 Å². The lowest BCUT2D eigenvalue weighted by Gasteiger charge is -2.07. The van der Waals surface area contributed by atoms with Crippen molar-refractivity contribution in [3.63, 3.8) is 0 Å². The molecule has 2 aromatic heterocycles. The standard InChI is InChI=1S/C13H13ClFN5O/c1-3-9-10(4-2)19-20-13(17-9)18-12(21)8-5-7(15)6-16-11(8)14/h5-6H,3-4H2,1-2H3,(H,17,18,20,21). The van der Waals surface area contributed by atoms with Gasteiger partial charge in [0.25, 0.3) is 5.91 Å². The minimum absolute atomic E-state index is 0.0503. The Morgan fingerprint density at radius 3 is 2.67 bits per heavy atom. The van der Waals surface area contributed by atoms with Crippen molar-refractivity contribution in [2.45, 2.75) is 26.7 Å². The molecule has 1 N–H and O–H groups in total. The fraction of sp³-hybridized carbons (Fsp3) is 0.308. The Morgan fingerprint density at radius 1 is 1.29 bits per heavy atom. The van der Waals surface area contributed by atoms with E-state index in [2.05, 4.69) is 25.5 Å². The zero-order chi connectivity index (χ0) is 15.4. The Balaban J connectivity index is 2.25. The molecule has 6 nitrogen and oxygen atoms in total. The number of aromatic nitrogens is 4. The maximum atomic E-state index is 13.1. The van der Waals surface area contributed by atoms with Crippen molar-refractivity contribution in [2.24, 2.45) is 0 Å². The number of nitrogens with one attached hydrogen (secondary N) is 1. The molecule has 0 spiro atoms. The summed E-state index contributed by atoms with van der Waals surface area (Å²) in [4.78, 5) is 19.8. The van der Waals surface area contributed by atoms with Crippen LogP contribution in [0.5, 0.6) is 0 Å². The fourth-order valence-corrected chi connectivity index (χ4v) is 1.93. The Morgan fingerprint density at radius 2 is 2.00 bits per heavy atom. The highest BCUT2D eigenvalue weighted by Gasteiger charge is 2.15. The van der Waals surface area contributed by atoms with Gasteiger partial charge >= 0.3 is 0 Å². The molecule has 21 heavy (non-hydrogen) atoms. The first-order valence-corrected chi connectivity index (χ1v) is 6.77. The first-order valence-electron chi connectivity index (χ1n) is 6.40. The smallest absolute Gasteiger partial charge is 0.261 e. The van der Waals surface area contributed by atoms with Gasteiger partial charge in [-0.25, -0.2) is 14.4 Å². The van der Waals surface area contributed by atoms with Gasteiger partial charge in [0.05, 0.1) is 23.1 Å². The lowest BCUT2D eigenvalue weighted by molar-refractivity contribution is 0.102. The molecule has 0 unspecified atom stereocenters. The number of hydrogen-bond donors (Lipinski definition) is 1. The van der Waals surface area contributed by atoms with Crippen molar-refractivity contribution in [1.82, 2.24) is 20.2 Å². The zero-order valence-electron chi connectivity index (χ0n) is 11.5. The molecule has 0 fully saturated rings.